The Bertz CT molecular complexity index is 879. The first kappa shape index (κ1) is 18.4. The molecule has 3 aliphatic rings. The van der Waals surface area contributed by atoms with E-state index in [9.17, 15) is 24.8 Å². The number of rotatable bonds is 3. The zero-order chi connectivity index (χ0) is 19.9. The molecule has 3 amide bonds. The highest BCUT2D eigenvalue weighted by Gasteiger charge is 2.55. The summed E-state index contributed by atoms with van der Waals surface area (Å²) in [6, 6.07) is 8.52. The number of carbonyl (C=O) groups is 3. The van der Waals surface area contributed by atoms with E-state index < -0.39 is 29.4 Å². The molecule has 4 atom stereocenters. The first-order chi connectivity index (χ1) is 13.4. The molecule has 1 spiro atoms. The maximum atomic E-state index is 12.8. The van der Waals surface area contributed by atoms with Crippen molar-refractivity contribution in [1.29, 1.82) is 5.26 Å². The molecule has 2 fully saturated rings. The van der Waals surface area contributed by atoms with E-state index in [-0.39, 0.29) is 31.3 Å². The van der Waals surface area contributed by atoms with Crippen molar-refractivity contribution in [2.24, 2.45) is 0 Å². The van der Waals surface area contributed by atoms with Crippen LogP contribution in [0.25, 0.3) is 0 Å². The van der Waals surface area contributed by atoms with Gasteiger partial charge in [0.1, 0.15) is 12.5 Å². The molecule has 1 aromatic carbocycles. The average molecular weight is 382 g/mol. The van der Waals surface area contributed by atoms with Gasteiger partial charge in [-0.05, 0) is 30.9 Å². The molecule has 2 aliphatic heterocycles. The normalized spacial score (nSPS) is 30.8. The molecule has 1 saturated carbocycles. The highest BCUT2D eigenvalue weighted by molar-refractivity contribution is 6.07. The van der Waals surface area contributed by atoms with Crippen molar-refractivity contribution in [3.8, 4) is 6.07 Å². The summed E-state index contributed by atoms with van der Waals surface area (Å²) < 4.78 is 0. The predicted octanol–water partition coefficient (Wildman–Crippen LogP) is 0.421. The van der Waals surface area contributed by atoms with Gasteiger partial charge in [-0.15, -0.1) is 0 Å². The second kappa shape index (κ2) is 6.91. The minimum absolute atomic E-state index is 0.0856. The van der Waals surface area contributed by atoms with E-state index in [2.05, 4.69) is 16.7 Å². The van der Waals surface area contributed by atoms with Crippen LogP contribution in [-0.4, -0.2) is 52.5 Å². The summed E-state index contributed by atoms with van der Waals surface area (Å²) in [5, 5.41) is 24.7. The van der Waals surface area contributed by atoms with E-state index in [1.165, 1.54) is 4.90 Å². The van der Waals surface area contributed by atoms with Crippen LogP contribution in [0.3, 0.4) is 0 Å². The van der Waals surface area contributed by atoms with E-state index in [0.717, 1.165) is 5.56 Å². The molecule has 4 rings (SSSR count). The number of anilines is 1. The lowest BCUT2D eigenvalue weighted by molar-refractivity contribution is -0.136. The Morgan fingerprint density at radius 2 is 2.14 bits per heavy atom. The number of hydrogen-bond acceptors (Lipinski definition) is 5. The summed E-state index contributed by atoms with van der Waals surface area (Å²) in [4.78, 5) is 39.1. The standard InChI is InChI=1S/C20H22N4O4/c21-10-13-9-20(15-3-1-2-4-16(15)23-19(20)28)11-24(13)18(27)8-17(26)22-12-5-6-14(25)7-12/h1-4,12-14,25H,5-9,11H2,(H,22,26)(H,23,28)/t12-,13+,14-,20+/m1/s1. The van der Waals surface area contributed by atoms with Crippen molar-refractivity contribution in [3.05, 3.63) is 29.8 Å². The molecule has 0 bridgehead atoms. The van der Waals surface area contributed by atoms with Crippen LogP contribution in [0.4, 0.5) is 5.69 Å². The molecule has 0 unspecified atom stereocenters. The lowest BCUT2D eigenvalue weighted by Crippen LogP contribution is -2.42. The van der Waals surface area contributed by atoms with Crippen LogP contribution in [0, 0.1) is 11.3 Å². The summed E-state index contributed by atoms with van der Waals surface area (Å²) in [7, 11) is 0. The Hall–Kier alpha value is -2.92. The van der Waals surface area contributed by atoms with Crippen LogP contribution < -0.4 is 10.6 Å². The molecular weight excluding hydrogens is 360 g/mol. The summed E-state index contributed by atoms with van der Waals surface area (Å²) in [6.45, 7) is 0.0856. The molecule has 8 nitrogen and oxygen atoms in total. The number of para-hydroxylation sites is 1. The fourth-order valence-electron chi connectivity index (χ4n) is 4.62. The lowest BCUT2D eigenvalue weighted by Gasteiger charge is -2.23. The van der Waals surface area contributed by atoms with Crippen LogP contribution in [0.5, 0.6) is 0 Å². The smallest absolute Gasteiger partial charge is 0.237 e. The van der Waals surface area contributed by atoms with Gasteiger partial charge in [0.25, 0.3) is 0 Å². The molecule has 1 saturated heterocycles. The third kappa shape index (κ3) is 3.02. The van der Waals surface area contributed by atoms with Crippen molar-refractivity contribution >= 4 is 23.4 Å². The van der Waals surface area contributed by atoms with Crippen molar-refractivity contribution in [3.63, 3.8) is 0 Å². The molecule has 2 heterocycles. The molecular formula is C20H22N4O4. The van der Waals surface area contributed by atoms with Crippen LogP contribution >= 0.6 is 0 Å². The predicted molar refractivity (Wildman–Crippen MR) is 98.9 cm³/mol. The summed E-state index contributed by atoms with van der Waals surface area (Å²) in [6.07, 6.45) is 1.25. The molecule has 28 heavy (non-hydrogen) atoms. The topological polar surface area (TPSA) is 123 Å². The molecule has 1 aromatic rings. The highest BCUT2D eigenvalue weighted by Crippen LogP contribution is 2.46. The zero-order valence-corrected chi connectivity index (χ0v) is 15.4. The van der Waals surface area contributed by atoms with Gasteiger partial charge in [-0.3, -0.25) is 14.4 Å². The largest absolute Gasteiger partial charge is 0.393 e. The number of hydrogen-bond donors (Lipinski definition) is 3. The second-order valence-corrected chi connectivity index (χ2v) is 7.86. The van der Waals surface area contributed by atoms with E-state index in [1.807, 2.05) is 18.2 Å². The molecule has 0 aromatic heterocycles. The molecule has 0 radical (unpaired) electrons. The molecule has 3 N–H and O–H groups in total. The molecule has 1 aliphatic carbocycles. The number of aliphatic hydroxyl groups excluding tert-OH is 1. The fraction of sp³-hybridized carbons (Fsp3) is 0.500. The van der Waals surface area contributed by atoms with Crippen LogP contribution in [0.2, 0.25) is 0 Å². The van der Waals surface area contributed by atoms with Crippen molar-refractivity contribution in [2.45, 2.75) is 55.7 Å². The van der Waals surface area contributed by atoms with Gasteiger partial charge in [-0.25, -0.2) is 0 Å². The van der Waals surface area contributed by atoms with E-state index in [0.29, 0.717) is 24.9 Å². The number of nitrogens with zero attached hydrogens (tertiary/aromatic N) is 2. The third-order valence-corrected chi connectivity index (χ3v) is 6.03. The number of nitriles is 1. The molecule has 146 valence electrons. The third-order valence-electron chi connectivity index (χ3n) is 6.03. The lowest BCUT2D eigenvalue weighted by atomic mass is 9.80. The Balaban J connectivity index is 1.48. The maximum absolute atomic E-state index is 12.8. The van der Waals surface area contributed by atoms with Gasteiger partial charge >= 0.3 is 0 Å². The Morgan fingerprint density at radius 3 is 2.86 bits per heavy atom. The van der Waals surface area contributed by atoms with Crippen LogP contribution in [-0.2, 0) is 19.8 Å². The second-order valence-electron chi connectivity index (χ2n) is 7.86. The minimum Gasteiger partial charge on any atom is -0.393 e. The summed E-state index contributed by atoms with van der Waals surface area (Å²) in [5.41, 5.74) is 0.551. The van der Waals surface area contributed by atoms with Crippen molar-refractivity contribution < 1.29 is 19.5 Å². The number of aliphatic hydroxyl groups is 1. The number of likely N-dealkylation sites (tertiary alicyclic amines) is 1. The Morgan fingerprint density at radius 1 is 1.36 bits per heavy atom. The quantitative estimate of drug-likeness (QED) is 0.654. The average Bonchev–Trinajstić information content (AvgIpc) is 3.33. The number of nitrogens with one attached hydrogen (secondary N) is 2. The SMILES string of the molecule is N#C[C@@H]1C[C@@]2(CN1C(=O)CC(=O)N[C@@H]1CC[C@@H](O)C1)C(=O)Nc1ccccc12. The molecule has 8 heteroatoms. The monoisotopic (exact) mass is 382 g/mol. The van der Waals surface area contributed by atoms with E-state index >= 15 is 0 Å². The van der Waals surface area contributed by atoms with Crippen LogP contribution in [0.1, 0.15) is 37.7 Å². The number of fused-ring (bicyclic) bond motifs is 2. The van der Waals surface area contributed by atoms with Crippen molar-refractivity contribution in [2.75, 3.05) is 11.9 Å². The van der Waals surface area contributed by atoms with Gasteiger partial charge in [-0.2, -0.15) is 5.26 Å². The number of carbonyl (C=O) groups excluding carboxylic acids is 3. The van der Waals surface area contributed by atoms with Gasteiger partial charge < -0.3 is 20.6 Å². The number of amides is 3. The summed E-state index contributed by atoms with van der Waals surface area (Å²) >= 11 is 0. The first-order valence-electron chi connectivity index (χ1n) is 9.50. The zero-order valence-electron chi connectivity index (χ0n) is 15.4. The van der Waals surface area contributed by atoms with Gasteiger partial charge in [0.2, 0.25) is 17.7 Å². The highest BCUT2D eigenvalue weighted by atomic mass is 16.3. The first-order valence-corrected chi connectivity index (χ1v) is 9.50. The van der Waals surface area contributed by atoms with E-state index in [4.69, 9.17) is 0 Å². The summed E-state index contributed by atoms with van der Waals surface area (Å²) in [5.74, 6) is -1.09. The van der Waals surface area contributed by atoms with Gasteiger partial charge in [0.15, 0.2) is 0 Å². The van der Waals surface area contributed by atoms with Crippen LogP contribution in [0.15, 0.2) is 24.3 Å². The maximum Gasteiger partial charge on any atom is 0.237 e. The Kier molecular flexibility index (Phi) is 4.55. The Labute approximate surface area is 162 Å². The van der Waals surface area contributed by atoms with Gasteiger partial charge in [-0.1, -0.05) is 18.2 Å². The minimum atomic E-state index is -0.946. The fourth-order valence-corrected chi connectivity index (χ4v) is 4.62. The van der Waals surface area contributed by atoms with Crippen molar-refractivity contribution in [1.82, 2.24) is 10.2 Å². The number of benzene rings is 1. The van der Waals surface area contributed by atoms with Gasteiger partial charge in [0, 0.05) is 24.7 Å². The van der Waals surface area contributed by atoms with E-state index in [1.54, 1.807) is 6.07 Å². The van der Waals surface area contributed by atoms with Gasteiger partial charge in [0.05, 0.1) is 17.6 Å².